The summed E-state index contributed by atoms with van der Waals surface area (Å²) in [6, 6.07) is 5.03. The minimum atomic E-state index is -0.432. The molecule has 92 valence electrons. The van der Waals surface area contributed by atoms with Crippen molar-refractivity contribution in [2.75, 3.05) is 7.11 Å². The zero-order chi connectivity index (χ0) is 13.0. The van der Waals surface area contributed by atoms with E-state index in [1.165, 1.54) is 13.4 Å². The number of carbonyl (C=O) groups is 1. The molecule has 0 spiro atoms. The summed E-state index contributed by atoms with van der Waals surface area (Å²) in [6.07, 6.45) is 4.63. The predicted octanol–water partition coefficient (Wildman–Crippen LogP) is 1.42. The number of aromatic nitrogens is 2. The van der Waals surface area contributed by atoms with E-state index in [0.717, 1.165) is 0 Å². The zero-order valence-corrected chi connectivity index (χ0v) is 9.83. The van der Waals surface area contributed by atoms with Crippen LogP contribution in [-0.2, 0) is 11.3 Å². The number of hydrogen-bond donors (Lipinski definition) is 1. The van der Waals surface area contributed by atoms with Gasteiger partial charge < -0.3 is 9.84 Å². The van der Waals surface area contributed by atoms with Crippen molar-refractivity contribution in [2.45, 2.75) is 6.61 Å². The molecule has 0 fully saturated rings. The standard InChI is InChI=1S/C13H12N2O3/c1-18-13(17)11-3-2-9(7-16)4-12(11)10-5-14-8-15-6-10/h2-6,8,16H,7H2,1H3. The Kier molecular flexibility index (Phi) is 3.64. The molecule has 0 aliphatic heterocycles. The average molecular weight is 244 g/mol. The summed E-state index contributed by atoms with van der Waals surface area (Å²) in [4.78, 5) is 19.5. The lowest BCUT2D eigenvalue weighted by Crippen LogP contribution is -2.04. The molecule has 0 aliphatic carbocycles. The van der Waals surface area contributed by atoms with E-state index in [1.807, 2.05) is 0 Å². The molecule has 1 aromatic heterocycles. The summed E-state index contributed by atoms with van der Waals surface area (Å²) < 4.78 is 4.73. The molecule has 0 saturated heterocycles. The first-order chi connectivity index (χ1) is 8.76. The topological polar surface area (TPSA) is 72.3 Å². The van der Waals surface area contributed by atoms with Crippen molar-refractivity contribution >= 4 is 5.97 Å². The van der Waals surface area contributed by atoms with E-state index < -0.39 is 5.97 Å². The van der Waals surface area contributed by atoms with Gasteiger partial charge in [-0.25, -0.2) is 14.8 Å². The van der Waals surface area contributed by atoms with Crippen LogP contribution in [0.3, 0.4) is 0 Å². The van der Waals surface area contributed by atoms with Gasteiger partial charge in [0.25, 0.3) is 0 Å². The average Bonchev–Trinajstić information content (AvgIpc) is 2.46. The molecule has 0 aliphatic rings. The lowest BCUT2D eigenvalue weighted by Gasteiger charge is -2.09. The molecule has 2 aromatic rings. The Morgan fingerprint density at radius 1 is 1.33 bits per heavy atom. The highest BCUT2D eigenvalue weighted by Crippen LogP contribution is 2.24. The minimum Gasteiger partial charge on any atom is -0.465 e. The molecule has 5 nitrogen and oxygen atoms in total. The van der Waals surface area contributed by atoms with Gasteiger partial charge in [-0.2, -0.15) is 0 Å². The number of esters is 1. The number of nitrogens with zero attached hydrogens (tertiary/aromatic N) is 2. The van der Waals surface area contributed by atoms with Gasteiger partial charge in [0.2, 0.25) is 0 Å². The number of aliphatic hydroxyl groups excluding tert-OH is 1. The van der Waals surface area contributed by atoms with Crippen LogP contribution in [0.25, 0.3) is 11.1 Å². The third kappa shape index (κ3) is 2.36. The van der Waals surface area contributed by atoms with E-state index in [0.29, 0.717) is 22.3 Å². The monoisotopic (exact) mass is 244 g/mol. The summed E-state index contributed by atoms with van der Waals surface area (Å²) >= 11 is 0. The molecule has 5 heteroatoms. The summed E-state index contributed by atoms with van der Waals surface area (Å²) in [5.41, 5.74) is 2.48. The molecule has 0 unspecified atom stereocenters. The number of aliphatic hydroxyl groups is 1. The number of ether oxygens (including phenoxy) is 1. The van der Waals surface area contributed by atoms with Gasteiger partial charge in [-0.3, -0.25) is 0 Å². The quantitative estimate of drug-likeness (QED) is 0.827. The van der Waals surface area contributed by atoms with Crippen LogP contribution in [0, 0.1) is 0 Å². The smallest absolute Gasteiger partial charge is 0.338 e. The van der Waals surface area contributed by atoms with Gasteiger partial charge in [-0.15, -0.1) is 0 Å². The van der Waals surface area contributed by atoms with Gasteiger partial charge in [0.15, 0.2) is 0 Å². The Morgan fingerprint density at radius 2 is 2.06 bits per heavy atom. The second kappa shape index (κ2) is 5.37. The van der Waals surface area contributed by atoms with Crippen LogP contribution in [-0.4, -0.2) is 28.2 Å². The van der Waals surface area contributed by atoms with Crippen LogP contribution >= 0.6 is 0 Å². The first kappa shape index (κ1) is 12.2. The highest BCUT2D eigenvalue weighted by Gasteiger charge is 2.14. The Hall–Kier alpha value is -2.27. The molecule has 18 heavy (non-hydrogen) atoms. The summed E-state index contributed by atoms with van der Waals surface area (Å²) in [6.45, 7) is -0.0951. The Morgan fingerprint density at radius 3 is 2.67 bits per heavy atom. The fourth-order valence-corrected chi connectivity index (χ4v) is 1.65. The van der Waals surface area contributed by atoms with Gasteiger partial charge in [-0.05, 0) is 23.3 Å². The third-order valence-corrected chi connectivity index (χ3v) is 2.54. The summed E-state index contributed by atoms with van der Waals surface area (Å²) in [7, 11) is 1.33. The molecule has 2 rings (SSSR count). The highest BCUT2D eigenvalue weighted by atomic mass is 16.5. The molecule has 0 radical (unpaired) electrons. The van der Waals surface area contributed by atoms with Crippen LogP contribution < -0.4 is 0 Å². The van der Waals surface area contributed by atoms with Crippen molar-refractivity contribution < 1.29 is 14.6 Å². The number of carbonyl (C=O) groups excluding carboxylic acids is 1. The van der Waals surface area contributed by atoms with Crippen molar-refractivity contribution in [3.05, 3.63) is 48.0 Å². The van der Waals surface area contributed by atoms with Crippen molar-refractivity contribution in [1.29, 1.82) is 0 Å². The molecule has 1 aromatic carbocycles. The van der Waals surface area contributed by atoms with E-state index >= 15 is 0 Å². The second-order valence-electron chi connectivity index (χ2n) is 3.66. The normalized spacial score (nSPS) is 10.1. The van der Waals surface area contributed by atoms with E-state index in [2.05, 4.69) is 9.97 Å². The number of methoxy groups -OCH3 is 1. The summed E-state index contributed by atoms with van der Waals surface area (Å²) in [5, 5.41) is 9.15. The Labute approximate surface area is 104 Å². The maximum atomic E-state index is 11.7. The van der Waals surface area contributed by atoms with Crippen LogP contribution in [0.1, 0.15) is 15.9 Å². The molecule has 0 amide bonds. The maximum absolute atomic E-state index is 11.7. The molecular weight excluding hydrogens is 232 g/mol. The van der Waals surface area contributed by atoms with Crippen molar-refractivity contribution in [3.8, 4) is 11.1 Å². The lowest BCUT2D eigenvalue weighted by atomic mass is 9.99. The Balaban J connectivity index is 2.58. The first-order valence-electron chi connectivity index (χ1n) is 5.33. The van der Waals surface area contributed by atoms with Crippen LogP contribution in [0.4, 0.5) is 0 Å². The third-order valence-electron chi connectivity index (χ3n) is 2.54. The van der Waals surface area contributed by atoms with E-state index in [9.17, 15) is 4.79 Å². The zero-order valence-electron chi connectivity index (χ0n) is 9.83. The molecule has 0 atom stereocenters. The fraction of sp³-hybridized carbons (Fsp3) is 0.154. The number of benzene rings is 1. The number of rotatable bonds is 3. The van der Waals surface area contributed by atoms with Crippen LogP contribution in [0.2, 0.25) is 0 Å². The van der Waals surface area contributed by atoms with Crippen molar-refractivity contribution in [1.82, 2.24) is 9.97 Å². The van der Waals surface area contributed by atoms with Gasteiger partial charge in [-0.1, -0.05) is 6.07 Å². The van der Waals surface area contributed by atoms with E-state index in [1.54, 1.807) is 30.6 Å². The molecule has 0 bridgehead atoms. The predicted molar refractivity (Wildman–Crippen MR) is 64.7 cm³/mol. The maximum Gasteiger partial charge on any atom is 0.338 e. The van der Waals surface area contributed by atoms with Crippen molar-refractivity contribution in [2.24, 2.45) is 0 Å². The second-order valence-corrected chi connectivity index (χ2v) is 3.66. The lowest BCUT2D eigenvalue weighted by molar-refractivity contribution is 0.0601. The van der Waals surface area contributed by atoms with Crippen molar-refractivity contribution in [3.63, 3.8) is 0 Å². The van der Waals surface area contributed by atoms with Gasteiger partial charge in [0.1, 0.15) is 6.33 Å². The molecule has 1 heterocycles. The fourth-order valence-electron chi connectivity index (χ4n) is 1.65. The Bertz CT molecular complexity index is 555. The summed E-state index contributed by atoms with van der Waals surface area (Å²) in [5.74, 6) is -0.432. The van der Waals surface area contributed by atoms with Gasteiger partial charge in [0, 0.05) is 18.0 Å². The number of hydrogen-bond acceptors (Lipinski definition) is 5. The van der Waals surface area contributed by atoms with Gasteiger partial charge in [0.05, 0.1) is 19.3 Å². The van der Waals surface area contributed by atoms with Crippen LogP contribution in [0.5, 0.6) is 0 Å². The first-order valence-corrected chi connectivity index (χ1v) is 5.33. The molecule has 1 N–H and O–H groups in total. The van der Waals surface area contributed by atoms with E-state index in [4.69, 9.17) is 9.84 Å². The minimum absolute atomic E-state index is 0.0951. The largest absolute Gasteiger partial charge is 0.465 e. The van der Waals surface area contributed by atoms with Gasteiger partial charge >= 0.3 is 5.97 Å². The highest BCUT2D eigenvalue weighted by molar-refractivity contribution is 5.97. The van der Waals surface area contributed by atoms with Crippen LogP contribution in [0.15, 0.2) is 36.9 Å². The van der Waals surface area contributed by atoms with E-state index in [-0.39, 0.29) is 6.61 Å². The SMILES string of the molecule is COC(=O)c1ccc(CO)cc1-c1cncnc1. The molecular formula is C13H12N2O3. The molecule has 0 saturated carbocycles.